The summed E-state index contributed by atoms with van der Waals surface area (Å²) in [5.41, 5.74) is 2.08. The number of ether oxygens (including phenoxy) is 4. The number of morpholine rings is 1. The molecular weight excluding hydrogens is 450 g/mol. The van der Waals surface area contributed by atoms with Crippen LogP contribution in [0.4, 0.5) is 10.6 Å². The van der Waals surface area contributed by atoms with Crippen molar-refractivity contribution in [2.24, 2.45) is 0 Å². The van der Waals surface area contributed by atoms with E-state index in [9.17, 15) is 4.79 Å². The Balaban J connectivity index is 1.56. The summed E-state index contributed by atoms with van der Waals surface area (Å²) in [6.07, 6.45) is 2.86. The van der Waals surface area contributed by atoms with Gasteiger partial charge in [-0.1, -0.05) is 0 Å². The number of carbonyl (C=O) groups excluding carboxylic acids is 1. The molecule has 1 amide bonds. The number of nitrogens with zero attached hydrogens (tertiary/aromatic N) is 4. The molecule has 1 atom stereocenters. The van der Waals surface area contributed by atoms with Gasteiger partial charge >= 0.3 is 6.09 Å². The number of imidazole rings is 1. The number of methoxy groups -OCH3 is 2. The fraction of sp³-hybridized carbons (Fsp3) is 0.480. The maximum Gasteiger partial charge on any atom is 0.410 e. The van der Waals surface area contributed by atoms with Crippen LogP contribution in [0.15, 0.2) is 30.6 Å². The summed E-state index contributed by atoms with van der Waals surface area (Å²) in [6, 6.07) is 5.71. The third kappa shape index (κ3) is 5.43. The highest BCUT2D eigenvalue weighted by molar-refractivity contribution is 5.71. The predicted octanol–water partition coefficient (Wildman–Crippen LogP) is 3.98. The molecule has 35 heavy (non-hydrogen) atoms. The first-order valence-corrected chi connectivity index (χ1v) is 11.6. The van der Waals surface area contributed by atoms with Gasteiger partial charge in [0, 0.05) is 37.1 Å². The Labute approximate surface area is 205 Å². The largest absolute Gasteiger partial charge is 0.497 e. The molecule has 0 aliphatic carbocycles. The quantitative estimate of drug-likeness (QED) is 0.562. The van der Waals surface area contributed by atoms with E-state index >= 15 is 0 Å². The van der Waals surface area contributed by atoms with Crippen LogP contribution in [0, 0.1) is 6.92 Å². The van der Waals surface area contributed by atoms with E-state index in [4.69, 9.17) is 23.9 Å². The minimum Gasteiger partial charge on any atom is -0.497 e. The monoisotopic (exact) mass is 483 g/mol. The number of rotatable bonds is 6. The van der Waals surface area contributed by atoms with Crippen molar-refractivity contribution < 1.29 is 23.7 Å². The van der Waals surface area contributed by atoms with Gasteiger partial charge in [0.25, 0.3) is 0 Å². The fourth-order valence-corrected chi connectivity index (χ4v) is 4.07. The van der Waals surface area contributed by atoms with E-state index in [0.29, 0.717) is 32.1 Å². The summed E-state index contributed by atoms with van der Waals surface area (Å²) in [7, 11) is 3.26. The van der Waals surface area contributed by atoms with Crippen molar-refractivity contribution in [1.29, 1.82) is 0 Å². The molecule has 10 heteroatoms. The Bertz CT molecular complexity index is 1200. The molecule has 1 aromatic carbocycles. The number of aryl methyl sites for hydroxylation is 1. The van der Waals surface area contributed by atoms with Crippen LogP contribution in [0.5, 0.6) is 11.5 Å². The predicted molar refractivity (Wildman–Crippen MR) is 131 cm³/mol. The van der Waals surface area contributed by atoms with Gasteiger partial charge in [-0.25, -0.2) is 14.8 Å². The van der Waals surface area contributed by atoms with Crippen LogP contribution in [0.3, 0.4) is 0 Å². The van der Waals surface area contributed by atoms with Gasteiger partial charge in [0.1, 0.15) is 34.5 Å². The Morgan fingerprint density at radius 1 is 1.26 bits per heavy atom. The third-order valence-corrected chi connectivity index (χ3v) is 5.70. The minimum absolute atomic E-state index is 0.346. The Morgan fingerprint density at radius 2 is 2.06 bits per heavy atom. The number of carbonyl (C=O) groups is 1. The number of fused-ring (bicyclic) bond motifs is 1. The van der Waals surface area contributed by atoms with Crippen LogP contribution in [-0.4, -0.2) is 64.9 Å². The van der Waals surface area contributed by atoms with E-state index < -0.39 is 5.60 Å². The molecule has 0 saturated carbocycles. The zero-order valence-electron chi connectivity index (χ0n) is 21.1. The Morgan fingerprint density at radius 3 is 2.77 bits per heavy atom. The highest BCUT2D eigenvalue weighted by Gasteiger charge is 2.31. The molecule has 2 aromatic heterocycles. The molecular formula is C25H33N5O5. The van der Waals surface area contributed by atoms with Gasteiger partial charge in [0.15, 0.2) is 5.82 Å². The van der Waals surface area contributed by atoms with Crippen LogP contribution < -0.4 is 14.8 Å². The highest BCUT2D eigenvalue weighted by Crippen LogP contribution is 2.29. The molecule has 0 bridgehead atoms. The first kappa shape index (κ1) is 24.6. The van der Waals surface area contributed by atoms with Gasteiger partial charge in [0.05, 0.1) is 33.1 Å². The van der Waals surface area contributed by atoms with Crippen molar-refractivity contribution >= 4 is 17.4 Å². The molecule has 10 nitrogen and oxygen atoms in total. The van der Waals surface area contributed by atoms with Gasteiger partial charge in [0.2, 0.25) is 0 Å². The van der Waals surface area contributed by atoms with E-state index in [1.54, 1.807) is 25.3 Å². The second-order valence-electron chi connectivity index (χ2n) is 9.37. The summed E-state index contributed by atoms with van der Waals surface area (Å²) in [5.74, 6) is 2.88. The topological polar surface area (TPSA) is 99.5 Å². The molecule has 4 rings (SSSR count). The number of amides is 1. The van der Waals surface area contributed by atoms with Gasteiger partial charge in [-0.2, -0.15) is 0 Å². The normalized spacial score (nSPS) is 16.3. The molecule has 1 unspecified atom stereocenters. The van der Waals surface area contributed by atoms with Gasteiger partial charge < -0.3 is 29.2 Å². The van der Waals surface area contributed by atoms with Crippen LogP contribution in [0.25, 0.3) is 5.52 Å². The van der Waals surface area contributed by atoms with Crippen molar-refractivity contribution in [3.63, 3.8) is 0 Å². The lowest BCUT2D eigenvalue weighted by Gasteiger charge is -2.33. The zero-order chi connectivity index (χ0) is 25.2. The fourth-order valence-electron chi connectivity index (χ4n) is 4.07. The smallest absolute Gasteiger partial charge is 0.410 e. The van der Waals surface area contributed by atoms with Gasteiger partial charge in [-0.05, 0) is 39.8 Å². The molecule has 1 fully saturated rings. The number of nitrogens with one attached hydrogen (secondary N) is 1. The van der Waals surface area contributed by atoms with Crippen molar-refractivity contribution in [3.05, 3.63) is 47.7 Å². The Kier molecular flexibility index (Phi) is 7.02. The maximum atomic E-state index is 12.6. The second-order valence-corrected chi connectivity index (χ2v) is 9.37. The molecule has 1 aliphatic rings. The van der Waals surface area contributed by atoms with E-state index in [-0.39, 0.29) is 12.2 Å². The summed E-state index contributed by atoms with van der Waals surface area (Å²) >= 11 is 0. The molecule has 1 N–H and O–H groups in total. The number of anilines is 1. The molecule has 3 aromatic rings. The Hall–Kier alpha value is -3.53. The first-order chi connectivity index (χ1) is 16.7. The zero-order valence-corrected chi connectivity index (χ0v) is 21.1. The average Bonchev–Trinajstić information content (AvgIpc) is 3.18. The second kappa shape index (κ2) is 9.99. The third-order valence-electron chi connectivity index (χ3n) is 5.70. The average molecular weight is 484 g/mol. The summed E-state index contributed by atoms with van der Waals surface area (Å²) in [4.78, 5) is 23.6. The van der Waals surface area contributed by atoms with Crippen LogP contribution in [-0.2, 0) is 16.0 Å². The first-order valence-electron chi connectivity index (χ1n) is 11.6. The lowest BCUT2D eigenvalue weighted by Crippen LogP contribution is -2.45. The van der Waals surface area contributed by atoms with Crippen LogP contribution in [0.2, 0.25) is 0 Å². The lowest BCUT2D eigenvalue weighted by atomic mass is 10.2. The summed E-state index contributed by atoms with van der Waals surface area (Å²) in [6.45, 7) is 9.27. The standard InChI is InChI=1S/C25H33N5O5/c1-16-21-22(27-14-17-7-8-18(32-5)13-19(17)33-6)26-9-10-30(21)23(28-16)20-15-29(11-12-34-20)24(31)35-25(2,3)4/h7-10,13,20H,11-12,14-15H2,1-6H3,(H,26,27). The molecule has 1 aliphatic heterocycles. The number of benzene rings is 1. The van der Waals surface area contributed by atoms with Crippen LogP contribution >= 0.6 is 0 Å². The van der Waals surface area contributed by atoms with E-state index in [2.05, 4.69) is 10.3 Å². The summed E-state index contributed by atoms with van der Waals surface area (Å²) < 4.78 is 24.3. The van der Waals surface area contributed by atoms with E-state index in [1.807, 2.05) is 56.5 Å². The minimum atomic E-state index is -0.555. The molecule has 0 radical (unpaired) electrons. The SMILES string of the molecule is COc1ccc(CNc2nccn3c(C4CN(C(=O)OC(C)(C)C)CCO4)nc(C)c23)c(OC)c1. The highest BCUT2D eigenvalue weighted by atomic mass is 16.6. The molecule has 188 valence electrons. The van der Waals surface area contributed by atoms with Crippen molar-refractivity contribution in [1.82, 2.24) is 19.3 Å². The van der Waals surface area contributed by atoms with Crippen molar-refractivity contribution in [2.75, 3.05) is 39.2 Å². The molecule has 0 spiro atoms. The lowest BCUT2D eigenvalue weighted by molar-refractivity contribution is -0.0464. The van der Waals surface area contributed by atoms with E-state index in [1.165, 1.54) is 0 Å². The van der Waals surface area contributed by atoms with E-state index in [0.717, 1.165) is 34.1 Å². The number of aromatic nitrogens is 3. The van der Waals surface area contributed by atoms with Crippen molar-refractivity contribution in [2.45, 2.75) is 45.9 Å². The van der Waals surface area contributed by atoms with Gasteiger partial charge in [-0.3, -0.25) is 4.40 Å². The maximum absolute atomic E-state index is 12.6. The van der Waals surface area contributed by atoms with Crippen LogP contribution in [0.1, 0.15) is 44.0 Å². The van der Waals surface area contributed by atoms with Gasteiger partial charge in [-0.15, -0.1) is 0 Å². The summed E-state index contributed by atoms with van der Waals surface area (Å²) in [5, 5.41) is 3.41. The van der Waals surface area contributed by atoms with Crippen molar-refractivity contribution in [3.8, 4) is 11.5 Å². The molecule has 3 heterocycles. The molecule has 1 saturated heterocycles. The number of hydrogen-bond acceptors (Lipinski definition) is 8. The number of hydrogen-bond donors (Lipinski definition) is 1.